The van der Waals surface area contributed by atoms with E-state index in [9.17, 15) is 0 Å². The van der Waals surface area contributed by atoms with E-state index in [-0.39, 0.29) is 5.41 Å². The van der Waals surface area contributed by atoms with E-state index in [4.69, 9.17) is 9.47 Å². The van der Waals surface area contributed by atoms with Crippen molar-refractivity contribution in [3.63, 3.8) is 0 Å². The van der Waals surface area contributed by atoms with Crippen molar-refractivity contribution in [3.05, 3.63) is 65.7 Å². The van der Waals surface area contributed by atoms with Crippen LogP contribution in [-0.2, 0) is 16.8 Å². The molecule has 0 aromatic heterocycles. The first-order chi connectivity index (χ1) is 9.26. The van der Waals surface area contributed by atoms with Gasteiger partial charge in [0, 0.05) is 5.41 Å². The summed E-state index contributed by atoms with van der Waals surface area (Å²) in [6.07, 6.45) is 0. The van der Waals surface area contributed by atoms with E-state index >= 15 is 0 Å². The van der Waals surface area contributed by atoms with Gasteiger partial charge in [-0.25, -0.2) is 0 Å². The van der Waals surface area contributed by atoms with Crippen LogP contribution in [0.1, 0.15) is 18.1 Å². The molecule has 0 N–H and O–H groups in total. The fraction of sp³-hybridized carbons (Fsp3) is 0.294. The van der Waals surface area contributed by atoms with Crippen molar-refractivity contribution in [2.24, 2.45) is 0 Å². The molecule has 1 aliphatic rings. The quantitative estimate of drug-likeness (QED) is 0.830. The lowest BCUT2D eigenvalue weighted by atomic mass is 9.81. The Hall–Kier alpha value is -1.80. The van der Waals surface area contributed by atoms with Gasteiger partial charge < -0.3 is 9.47 Å². The Bertz CT molecular complexity index is 527. The molecule has 2 heteroatoms. The molecule has 0 bridgehead atoms. The molecule has 0 unspecified atom stereocenters. The van der Waals surface area contributed by atoms with Crippen LogP contribution in [0.5, 0.6) is 5.75 Å². The zero-order valence-corrected chi connectivity index (χ0v) is 11.1. The molecule has 19 heavy (non-hydrogen) atoms. The van der Waals surface area contributed by atoms with Gasteiger partial charge in [-0.1, -0.05) is 49.4 Å². The summed E-state index contributed by atoms with van der Waals surface area (Å²) in [6, 6.07) is 18.6. The van der Waals surface area contributed by atoms with Crippen molar-refractivity contribution in [1.82, 2.24) is 0 Å². The lowest BCUT2D eigenvalue weighted by Crippen LogP contribution is -2.43. The van der Waals surface area contributed by atoms with Crippen molar-refractivity contribution < 1.29 is 9.47 Å². The molecule has 2 nitrogen and oxygen atoms in total. The molecule has 0 radical (unpaired) electrons. The SMILES string of the molecule is CC1(c2ccc(OCc3ccccc3)cc2)COC1. The smallest absolute Gasteiger partial charge is 0.119 e. The molecule has 2 aromatic rings. The van der Waals surface area contributed by atoms with E-state index in [1.807, 2.05) is 30.3 Å². The van der Waals surface area contributed by atoms with Crippen LogP contribution in [-0.4, -0.2) is 13.2 Å². The molecular weight excluding hydrogens is 236 g/mol. The lowest BCUT2D eigenvalue weighted by Gasteiger charge is -2.38. The van der Waals surface area contributed by atoms with E-state index in [0.717, 1.165) is 19.0 Å². The minimum absolute atomic E-state index is 0.192. The summed E-state index contributed by atoms with van der Waals surface area (Å²) < 4.78 is 11.1. The van der Waals surface area contributed by atoms with Gasteiger partial charge in [-0.3, -0.25) is 0 Å². The highest BCUT2D eigenvalue weighted by Gasteiger charge is 2.34. The van der Waals surface area contributed by atoms with Crippen LogP contribution in [0.25, 0.3) is 0 Å². The predicted octanol–water partition coefficient (Wildman–Crippen LogP) is 3.55. The van der Waals surface area contributed by atoms with E-state index in [1.165, 1.54) is 11.1 Å². The van der Waals surface area contributed by atoms with Gasteiger partial charge in [0.25, 0.3) is 0 Å². The van der Waals surface area contributed by atoms with Gasteiger partial charge >= 0.3 is 0 Å². The van der Waals surface area contributed by atoms with Gasteiger partial charge in [0.2, 0.25) is 0 Å². The molecule has 0 atom stereocenters. The summed E-state index contributed by atoms with van der Waals surface area (Å²) in [4.78, 5) is 0. The molecule has 3 rings (SSSR count). The largest absolute Gasteiger partial charge is 0.489 e. The van der Waals surface area contributed by atoms with Gasteiger partial charge in [0.1, 0.15) is 12.4 Å². The van der Waals surface area contributed by atoms with Gasteiger partial charge in [0.15, 0.2) is 0 Å². The van der Waals surface area contributed by atoms with Crippen molar-refractivity contribution >= 4 is 0 Å². The third-order valence-corrected chi connectivity index (χ3v) is 3.64. The predicted molar refractivity (Wildman–Crippen MR) is 75.4 cm³/mol. The third-order valence-electron chi connectivity index (χ3n) is 3.64. The normalized spacial score (nSPS) is 16.7. The monoisotopic (exact) mass is 254 g/mol. The van der Waals surface area contributed by atoms with Gasteiger partial charge in [0.05, 0.1) is 13.2 Å². The molecule has 0 aliphatic carbocycles. The summed E-state index contributed by atoms with van der Waals surface area (Å²) in [5.41, 5.74) is 2.70. The van der Waals surface area contributed by atoms with Crippen molar-refractivity contribution in [1.29, 1.82) is 0 Å². The van der Waals surface area contributed by atoms with E-state index in [1.54, 1.807) is 0 Å². The topological polar surface area (TPSA) is 18.5 Å². The molecule has 98 valence electrons. The summed E-state index contributed by atoms with van der Waals surface area (Å²) in [6.45, 7) is 4.48. The Morgan fingerprint density at radius 2 is 1.68 bits per heavy atom. The second kappa shape index (κ2) is 5.06. The maximum atomic E-state index is 5.78. The Balaban J connectivity index is 1.63. The van der Waals surface area contributed by atoms with Crippen LogP contribution in [0.3, 0.4) is 0 Å². The average Bonchev–Trinajstić information content (AvgIpc) is 2.44. The van der Waals surface area contributed by atoms with E-state index < -0.39 is 0 Å². The standard InChI is InChI=1S/C17H18O2/c1-17(12-18-13-17)15-7-9-16(10-8-15)19-11-14-5-3-2-4-6-14/h2-10H,11-13H2,1H3. The number of ether oxygens (including phenoxy) is 2. The number of hydrogen-bond acceptors (Lipinski definition) is 2. The molecule has 0 spiro atoms. The molecule has 1 saturated heterocycles. The molecular formula is C17H18O2. The molecule has 0 saturated carbocycles. The minimum atomic E-state index is 0.192. The second-order valence-corrected chi connectivity index (χ2v) is 5.35. The molecule has 1 aliphatic heterocycles. The van der Waals surface area contributed by atoms with Crippen LogP contribution < -0.4 is 4.74 Å². The highest BCUT2D eigenvalue weighted by molar-refractivity contribution is 5.33. The van der Waals surface area contributed by atoms with Crippen molar-refractivity contribution in [2.75, 3.05) is 13.2 Å². The van der Waals surface area contributed by atoms with Crippen LogP contribution in [0.2, 0.25) is 0 Å². The number of benzene rings is 2. The van der Waals surface area contributed by atoms with Crippen LogP contribution >= 0.6 is 0 Å². The van der Waals surface area contributed by atoms with E-state index in [2.05, 4.69) is 31.2 Å². The first-order valence-corrected chi connectivity index (χ1v) is 6.61. The Labute approximate surface area is 114 Å². The maximum Gasteiger partial charge on any atom is 0.119 e. The Morgan fingerprint density at radius 1 is 1.00 bits per heavy atom. The van der Waals surface area contributed by atoms with Gasteiger partial charge in [-0.15, -0.1) is 0 Å². The fourth-order valence-corrected chi connectivity index (χ4v) is 2.27. The van der Waals surface area contributed by atoms with Gasteiger partial charge in [-0.2, -0.15) is 0 Å². The first kappa shape index (κ1) is 12.2. The maximum absolute atomic E-state index is 5.78. The van der Waals surface area contributed by atoms with Crippen LogP contribution in [0, 0.1) is 0 Å². The molecule has 1 heterocycles. The van der Waals surface area contributed by atoms with Crippen molar-refractivity contribution in [2.45, 2.75) is 18.9 Å². The number of rotatable bonds is 4. The van der Waals surface area contributed by atoms with Crippen LogP contribution in [0.15, 0.2) is 54.6 Å². The average molecular weight is 254 g/mol. The summed E-state index contributed by atoms with van der Waals surface area (Å²) in [5.74, 6) is 0.913. The zero-order valence-electron chi connectivity index (χ0n) is 11.1. The molecule has 1 fully saturated rings. The molecule has 0 amide bonds. The number of hydrogen-bond donors (Lipinski definition) is 0. The highest BCUT2D eigenvalue weighted by Crippen LogP contribution is 2.32. The highest BCUT2D eigenvalue weighted by atomic mass is 16.5. The summed E-state index contributed by atoms with van der Waals surface area (Å²) >= 11 is 0. The second-order valence-electron chi connectivity index (χ2n) is 5.35. The Kier molecular flexibility index (Phi) is 3.26. The summed E-state index contributed by atoms with van der Waals surface area (Å²) in [5, 5.41) is 0. The molecule has 2 aromatic carbocycles. The van der Waals surface area contributed by atoms with Crippen LogP contribution in [0.4, 0.5) is 0 Å². The third kappa shape index (κ3) is 2.64. The van der Waals surface area contributed by atoms with E-state index in [0.29, 0.717) is 6.61 Å². The fourth-order valence-electron chi connectivity index (χ4n) is 2.27. The summed E-state index contributed by atoms with van der Waals surface area (Å²) in [7, 11) is 0. The zero-order chi connectivity index (χ0) is 13.1. The van der Waals surface area contributed by atoms with Gasteiger partial charge in [-0.05, 0) is 23.3 Å². The van der Waals surface area contributed by atoms with Crippen molar-refractivity contribution in [3.8, 4) is 5.75 Å². The minimum Gasteiger partial charge on any atom is -0.489 e. The lowest BCUT2D eigenvalue weighted by molar-refractivity contribution is -0.0500. The first-order valence-electron chi connectivity index (χ1n) is 6.61. The Morgan fingerprint density at radius 3 is 2.26 bits per heavy atom.